The minimum Gasteiger partial charge on any atom is -0.411 e. The molecule has 0 bridgehead atoms. The highest BCUT2D eigenvalue weighted by atomic mass is 28.3. The first-order chi connectivity index (χ1) is 11.2. The van der Waals surface area contributed by atoms with Crippen LogP contribution in [0.5, 0.6) is 0 Å². The molecular weight excluding hydrogens is 314 g/mol. The third-order valence-corrected chi connectivity index (χ3v) is 6.11. The molecule has 24 heavy (non-hydrogen) atoms. The average Bonchev–Trinajstić information content (AvgIpc) is 2.47. The average molecular weight is 349 g/mol. The van der Waals surface area contributed by atoms with Gasteiger partial charge in [-0.2, -0.15) is 0 Å². The van der Waals surface area contributed by atoms with Crippen LogP contribution in [0.2, 0.25) is 13.1 Å². The van der Waals surface area contributed by atoms with Gasteiger partial charge in [-0.05, 0) is 62.2 Å². The molecule has 3 unspecified atom stereocenters. The summed E-state index contributed by atoms with van der Waals surface area (Å²) in [5, 5.41) is 11.5. The van der Waals surface area contributed by atoms with Crippen LogP contribution in [0.3, 0.4) is 0 Å². The highest BCUT2D eigenvalue weighted by Crippen LogP contribution is 2.40. The normalized spacial score (nSPS) is 29.3. The molecule has 0 aromatic carbocycles. The molecule has 1 saturated carbocycles. The Morgan fingerprint density at radius 2 is 2.00 bits per heavy atom. The number of hydrogen-bond donors (Lipinski definition) is 1. The third-order valence-electron chi connectivity index (χ3n) is 5.36. The zero-order chi connectivity index (χ0) is 17.8. The van der Waals surface area contributed by atoms with Gasteiger partial charge in [-0.1, -0.05) is 33.3 Å². The molecule has 1 heterocycles. The topological polar surface area (TPSA) is 42.4 Å². The van der Waals surface area contributed by atoms with Crippen LogP contribution in [0.15, 0.2) is 24.4 Å². The van der Waals surface area contributed by atoms with Crippen molar-refractivity contribution < 1.29 is 9.53 Å². The van der Waals surface area contributed by atoms with E-state index in [-0.39, 0.29) is 6.10 Å². The lowest BCUT2D eigenvalue weighted by atomic mass is 9.70. The monoisotopic (exact) mass is 348 g/mol. The third kappa shape index (κ3) is 5.40. The van der Waals surface area contributed by atoms with Gasteiger partial charge in [0.25, 0.3) is 0 Å². The summed E-state index contributed by atoms with van der Waals surface area (Å²) in [4.78, 5) is 4.43. The molecule has 0 amide bonds. The van der Waals surface area contributed by atoms with E-state index in [0.29, 0.717) is 17.8 Å². The van der Waals surface area contributed by atoms with E-state index in [2.05, 4.69) is 38.8 Å². The van der Waals surface area contributed by atoms with E-state index in [1.165, 1.54) is 6.42 Å². The molecule has 0 spiro atoms. The summed E-state index contributed by atoms with van der Waals surface area (Å²) in [5.41, 5.74) is 0.495. The lowest BCUT2D eigenvalue weighted by Crippen LogP contribution is -2.49. The first-order valence-electron chi connectivity index (χ1n) is 9.30. The van der Waals surface area contributed by atoms with Gasteiger partial charge in [0.2, 0.25) is 9.04 Å². The van der Waals surface area contributed by atoms with Crippen molar-refractivity contribution in [1.29, 1.82) is 0 Å². The molecule has 1 aliphatic rings. The van der Waals surface area contributed by atoms with Crippen molar-refractivity contribution in [2.45, 2.75) is 84.1 Å². The van der Waals surface area contributed by atoms with Crippen molar-refractivity contribution in [1.82, 2.24) is 4.98 Å². The molecule has 3 atom stereocenters. The van der Waals surface area contributed by atoms with Crippen LogP contribution >= 0.6 is 0 Å². The smallest absolute Gasteiger partial charge is 0.205 e. The van der Waals surface area contributed by atoms with Crippen LogP contribution in [0.1, 0.15) is 58.6 Å². The Morgan fingerprint density at radius 3 is 2.58 bits per heavy atom. The second kappa shape index (κ2) is 8.11. The van der Waals surface area contributed by atoms with Gasteiger partial charge in [-0.3, -0.25) is 4.98 Å². The first-order valence-corrected chi connectivity index (χ1v) is 11.7. The van der Waals surface area contributed by atoms with Crippen molar-refractivity contribution in [3.05, 3.63) is 30.1 Å². The van der Waals surface area contributed by atoms with Crippen molar-refractivity contribution in [3.63, 3.8) is 0 Å². The fourth-order valence-electron chi connectivity index (χ4n) is 3.92. The fourth-order valence-corrected chi connectivity index (χ4v) is 4.83. The molecule has 4 heteroatoms. The van der Waals surface area contributed by atoms with Gasteiger partial charge in [0.05, 0.1) is 11.7 Å². The molecule has 1 radical (unpaired) electrons. The van der Waals surface area contributed by atoms with Gasteiger partial charge in [0.15, 0.2) is 0 Å². The van der Waals surface area contributed by atoms with E-state index in [9.17, 15) is 5.11 Å². The van der Waals surface area contributed by atoms with E-state index in [1.807, 2.05) is 24.4 Å². The van der Waals surface area contributed by atoms with E-state index in [0.717, 1.165) is 31.4 Å². The van der Waals surface area contributed by atoms with Crippen molar-refractivity contribution in [2.75, 3.05) is 0 Å². The van der Waals surface area contributed by atoms with E-state index < -0.39 is 14.6 Å². The lowest BCUT2D eigenvalue weighted by Gasteiger charge is -2.42. The van der Waals surface area contributed by atoms with Crippen LogP contribution < -0.4 is 0 Å². The Bertz CT molecular complexity index is 500. The fraction of sp³-hybridized carbons (Fsp3) is 0.750. The summed E-state index contributed by atoms with van der Waals surface area (Å²) in [7, 11) is -0.855. The Morgan fingerprint density at radius 1 is 1.25 bits per heavy atom. The molecule has 1 fully saturated rings. The number of rotatable bonds is 4. The summed E-state index contributed by atoms with van der Waals surface area (Å²) >= 11 is 0. The second-order valence-corrected chi connectivity index (χ2v) is 10.7. The largest absolute Gasteiger partial charge is 0.411 e. The van der Waals surface area contributed by atoms with Crippen LogP contribution in [0.4, 0.5) is 0 Å². The maximum atomic E-state index is 11.5. The number of aliphatic hydroxyl groups is 1. The number of hydrogen-bond acceptors (Lipinski definition) is 3. The summed E-state index contributed by atoms with van der Waals surface area (Å²) < 4.78 is 6.30. The summed E-state index contributed by atoms with van der Waals surface area (Å²) in [6.45, 7) is 11.3. The van der Waals surface area contributed by atoms with Gasteiger partial charge in [-0.25, -0.2) is 0 Å². The molecule has 1 aromatic heterocycles. The van der Waals surface area contributed by atoms with Crippen LogP contribution in [-0.2, 0) is 10.8 Å². The summed E-state index contributed by atoms with van der Waals surface area (Å²) in [5.74, 6) is 0.701. The maximum Gasteiger partial charge on any atom is 0.205 e. The zero-order valence-electron chi connectivity index (χ0n) is 16.0. The van der Waals surface area contributed by atoms with Gasteiger partial charge < -0.3 is 9.53 Å². The predicted octanol–water partition coefficient (Wildman–Crippen LogP) is 4.62. The zero-order valence-corrected chi connectivity index (χ0v) is 17.0. The summed E-state index contributed by atoms with van der Waals surface area (Å²) in [6.07, 6.45) is 7.45. The quantitative estimate of drug-likeness (QED) is 0.808. The predicted molar refractivity (Wildman–Crippen MR) is 101 cm³/mol. The molecule has 1 aliphatic carbocycles. The number of nitrogens with zero attached hydrogens (tertiary/aromatic N) is 1. The second-order valence-electron chi connectivity index (χ2n) is 8.65. The van der Waals surface area contributed by atoms with Gasteiger partial charge in [-0.15, -0.1) is 0 Å². The highest BCUT2D eigenvalue weighted by molar-refractivity contribution is 6.48. The maximum absolute atomic E-state index is 11.5. The molecule has 1 N–H and O–H groups in total. The first kappa shape index (κ1) is 19.6. The SMILES string of the molecule is C[Si](C)OC1CCC(C(C)(C)C)CCCC1(O)Cc1ccccn1. The standard InChI is InChI=1S/C20H34NO2Si/c1-19(2,3)16-9-8-13-20(22,15-17-10-6-7-14-21-17)18(12-11-16)23-24(4)5/h6-7,10,14,16,18,22H,8-9,11-13,15H2,1-5H3. The molecular formula is C20H34NO2Si. The minimum atomic E-state index is -0.855. The summed E-state index contributed by atoms with van der Waals surface area (Å²) in [6, 6.07) is 5.93. The van der Waals surface area contributed by atoms with Crippen LogP contribution in [0, 0.1) is 11.3 Å². The molecule has 2 rings (SSSR count). The van der Waals surface area contributed by atoms with E-state index in [1.54, 1.807) is 0 Å². The molecule has 3 nitrogen and oxygen atoms in total. The Balaban J connectivity index is 2.18. The van der Waals surface area contributed by atoms with E-state index in [4.69, 9.17) is 4.43 Å². The molecule has 1 aromatic rings. The highest BCUT2D eigenvalue weighted by Gasteiger charge is 2.41. The minimum absolute atomic E-state index is 0.0754. The number of pyridine rings is 1. The van der Waals surface area contributed by atoms with Crippen molar-refractivity contribution >= 4 is 9.04 Å². The van der Waals surface area contributed by atoms with Gasteiger partial charge in [0, 0.05) is 18.3 Å². The van der Waals surface area contributed by atoms with Crippen LogP contribution in [0.25, 0.3) is 0 Å². The van der Waals surface area contributed by atoms with Crippen molar-refractivity contribution in [2.24, 2.45) is 11.3 Å². The van der Waals surface area contributed by atoms with E-state index >= 15 is 0 Å². The number of aromatic nitrogens is 1. The van der Waals surface area contributed by atoms with Gasteiger partial charge >= 0.3 is 0 Å². The molecule has 0 aliphatic heterocycles. The Labute approximate surface area is 149 Å². The van der Waals surface area contributed by atoms with Gasteiger partial charge in [0.1, 0.15) is 0 Å². The molecule has 0 saturated heterocycles. The Kier molecular flexibility index (Phi) is 6.63. The Hall–Kier alpha value is -0.713. The van der Waals surface area contributed by atoms with Crippen LogP contribution in [-0.4, -0.2) is 30.8 Å². The van der Waals surface area contributed by atoms with Crippen molar-refractivity contribution in [3.8, 4) is 0 Å². The molecule has 135 valence electrons. The lowest BCUT2D eigenvalue weighted by molar-refractivity contribution is -0.0842.